The zero-order chi connectivity index (χ0) is 15.0. The van der Waals surface area contributed by atoms with Gasteiger partial charge in [0, 0.05) is 9.35 Å². The Kier molecular flexibility index (Phi) is 4.02. The molecule has 21 heavy (non-hydrogen) atoms. The van der Waals surface area contributed by atoms with Crippen LogP contribution in [0.2, 0.25) is 0 Å². The van der Waals surface area contributed by atoms with Gasteiger partial charge in [-0.15, -0.1) is 11.3 Å². The van der Waals surface area contributed by atoms with Crippen LogP contribution in [0.4, 0.5) is 9.52 Å². The van der Waals surface area contributed by atoms with Gasteiger partial charge in [0.2, 0.25) is 0 Å². The number of thiazole rings is 1. The number of hydrogen-bond acceptors (Lipinski definition) is 4. The lowest BCUT2D eigenvalue weighted by atomic mass is 10.0. The van der Waals surface area contributed by atoms with Gasteiger partial charge in [-0.2, -0.15) is 0 Å². The van der Waals surface area contributed by atoms with E-state index in [0.717, 1.165) is 42.3 Å². The average Bonchev–Trinajstić information content (AvgIpc) is 2.79. The molecule has 0 saturated carbocycles. The summed E-state index contributed by atoms with van der Waals surface area (Å²) in [6, 6.07) is 3.85. The Morgan fingerprint density at radius 3 is 2.76 bits per heavy atom. The van der Waals surface area contributed by atoms with Crippen molar-refractivity contribution in [2.24, 2.45) is 0 Å². The minimum absolute atomic E-state index is 0.309. The summed E-state index contributed by atoms with van der Waals surface area (Å²) in [4.78, 5) is 5.05. The first-order valence-corrected chi connectivity index (χ1v) is 9.51. The number of nitrogens with one attached hydrogen (secondary N) is 1. The van der Waals surface area contributed by atoms with Crippen molar-refractivity contribution in [2.75, 3.05) is 4.72 Å². The third-order valence-electron chi connectivity index (χ3n) is 3.25. The molecule has 1 aliphatic rings. The van der Waals surface area contributed by atoms with Crippen LogP contribution in [0.3, 0.4) is 0 Å². The van der Waals surface area contributed by atoms with Crippen LogP contribution in [0.5, 0.6) is 0 Å². The first-order chi connectivity index (χ1) is 9.95. The fourth-order valence-corrected chi connectivity index (χ4v) is 4.94. The molecule has 0 bridgehead atoms. The first-order valence-electron chi connectivity index (χ1n) is 6.42. The zero-order valence-electron chi connectivity index (χ0n) is 10.9. The molecule has 0 fully saturated rings. The summed E-state index contributed by atoms with van der Waals surface area (Å²) in [5.74, 6) is -0.793. The van der Waals surface area contributed by atoms with Crippen molar-refractivity contribution in [1.29, 1.82) is 0 Å². The second-order valence-corrected chi connectivity index (χ2v) is 8.43. The predicted molar refractivity (Wildman–Crippen MR) is 83.7 cm³/mol. The second kappa shape index (κ2) is 5.66. The van der Waals surface area contributed by atoms with Crippen molar-refractivity contribution in [3.05, 3.63) is 39.1 Å². The Morgan fingerprint density at radius 1 is 1.29 bits per heavy atom. The van der Waals surface area contributed by atoms with Crippen molar-refractivity contribution in [1.82, 2.24) is 4.98 Å². The number of aromatic nitrogens is 1. The quantitative estimate of drug-likeness (QED) is 0.868. The molecule has 4 nitrogen and oxygen atoms in total. The molecule has 3 rings (SSSR count). The van der Waals surface area contributed by atoms with E-state index in [2.05, 4.69) is 25.6 Å². The molecule has 0 saturated heterocycles. The third-order valence-corrected chi connectivity index (χ3v) is 6.32. The van der Waals surface area contributed by atoms with Gasteiger partial charge in [0.05, 0.1) is 5.69 Å². The minimum Gasteiger partial charge on any atom is -0.255 e. The van der Waals surface area contributed by atoms with E-state index in [9.17, 15) is 12.8 Å². The molecule has 0 aliphatic heterocycles. The van der Waals surface area contributed by atoms with Crippen molar-refractivity contribution in [3.8, 4) is 0 Å². The van der Waals surface area contributed by atoms with Gasteiger partial charge in [0.15, 0.2) is 5.13 Å². The molecule has 1 N–H and O–H groups in total. The van der Waals surface area contributed by atoms with Gasteiger partial charge in [0.1, 0.15) is 10.7 Å². The van der Waals surface area contributed by atoms with Gasteiger partial charge in [-0.05, 0) is 43.9 Å². The summed E-state index contributed by atoms with van der Waals surface area (Å²) >= 11 is 4.44. The number of hydrogen-bond donors (Lipinski definition) is 1. The third kappa shape index (κ3) is 3.12. The predicted octanol–water partition coefficient (Wildman–Crippen LogP) is 3.72. The van der Waals surface area contributed by atoms with Gasteiger partial charge < -0.3 is 0 Å². The summed E-state index contributed by atoms with van der Waals surface area (Å²) in [7, 11) is -3.96. The summed E-state index contributed by atoms with van der Waals surface area (Å²) in [5.41, 5.74) is 0.959. The van der Waals surface area contributed by atoms with Gasteiger partial charge >= 0.3 is 0 Å². The maximum atomic E-state index is 13.8. The molecule has 112 valence electrons. The topological polar surface area (TPSA) is 59.1 Å². The number of sulfonamides is 1. The second-order valence-electron chi connectivity index (χ2n) is 4.78. The average molecular weight is 391 g/mol. The van der Waals surface area contributed by atoms with Crippen LogP contribution >= 0.6 is 27.3 Å². The lowest BCUT2D eigenvalue weighted by Crippen LogP contribution is -2.14. The fraction of sp³-hybridized carbons (Fsp3) is 0.308. The van der Waals surface area contributed by atoms with Crippen molar-refractivity contribution < 1.29 is 12.8 Å². The van der Waals surface area contributed by atoms with Crippen LogP contribution in [0, 0.1) is 5.82 Å². The van der Waals surface area contributed by atoms with Crippen LogP contribution < -0.4 is 4.72 Å². The number of aryl methyl sites for hydroxylation is 2. The fourth-order valence-electron chi connectivity index (χ4n) is 2.26. The number of rotatable bonds is 3. The molecular formula is C13H12BrFN2O2S2. The molecule has 0 atom stereocenters. The summed E-state index contributed by atoms with van der Waals surface area (Å²) in [6.45, 7) is 0. The molecule has 2 aromatic rings. The maximum absolute atomic E-state index is 13.8. The molecule has 8 heteroatoms. The maximum Gasteiger partial charge on any atom is 0.266 e. The minimum atomic E-state index is -3.96. The van der Waals surface area contributed by atoms with Gasteiger partial charge in [-0.3, -0.25) is 4.72 Å². The van der Waals surface area contributed by atoms with E-state index in [1.54, 1.807) is 0 Å². The largest absolute Gasteiger partial charge is 0.266 e. The molecule has 1 aromatic heterocycles. The Hall–Kier alpha value is -0.990. The summed E-state index contributed by atoms with van der Waals surface area (Å²) in [6.07, 6.45) is 3.98. The number of benzene rings is 1. The first kappa shape index (κ1) is 14.9. The zero-order valence-corrected chi connectivity index (χ0v) is 14.1. The van der Waals surface area contributed by atoms with Crippen molar-refractivity contribution in [2.45, 2.75) is 30.6 Å². The number of fused-ring (bicyclic) bond motifs is 1. The number of halogens is 2. The van der Waals surface area contributed by atoms with E-state index in [-0.39, 0.29) is 4.90 Å². The highest BCUT2D eigenvalue weighted by Gasteiger charge is 2.22. The van der Waals surface area contributed by atoms with Crippen molar-refractivity contribution in [3.63, 3.8) is 0 Å². The van der Waals surface area contributed by atoms with Crippen LogP contribution in [-0.2, 0) is 22.9 Å². The normalized spacial score (nSPS) is 14.8. The van der Waals surface area contributed by atoms with Crippen LogP contribution in [0.15, 0.2) is 27.6 Å². The molecule has 1 heterocycles. The molecule has 0 spiro atoms. The highest BCUT2D eigenvalue weighted by atomic mass is 79.9. The molecule has 0 unspecified atom stereocenters. The van der Waals surface area contributed by atoms with Gasteiger partial charge in [0.25, 0.3) is 10.0 Å². The highest BCUT2D eigenvalue weighted by molar-refractivity contribution is 9.10. The van der Waals surface area contributed by atoms with E-state index in [1.807, 2.05) is 0 Å². The smallest absolute Gasteiger partial charge is 0.255 e. The van der Waals surface area contributed by atoms with E-state index >= 15 is 0 Å². The Bertz CT molecular complexity index is 766. The molecular weight excluding hydrogens is 379 g/mol. The van der Waals surface area contributed by atoms with Crippen molar-refractivity contribution >= 4 is 42.4 Å². The lowest BCUT2D eigenvalue weighted by molar-refractivity contribution is 0.570. The highest BCUT2D eigenvalue weighted by Crippen LogP contribution is 2.31. The lowest BCUT2D eigenvalue weighted by Gasteiger charge is -2.06. The van der Waals surface area contributed by atoms with Crippen LogP contribution in [-0.4, -0.2) is 13.4 Å². The Labute approximate surface area is 134 Å². The standard InChI is InChI=1S/C13H12BrFN2O2S2/c14-8-5-6-12(9(15)7-8)21(18,19)17-13-16-10-3-1-2-4-11(10)20-13/h5-7H,1-4H2,(H,16,17). The number of anilines is 1. The van der Waals surface area contributed by atoms with E-state index in [1.165, 1.54) is 23.5 Å². The Morgan fingerprint density at radius 2 is 2.05 bits per heavy atom. The summed E-state index contributed by atoms with van der Waals surface area (Å²) < 4.78 is 41.2. The molecule has 1 aliphatic carbocycles. The van der Waals surface area contributed by atoms with Crippen LogP contribution in [0.25, 0.3) is 0 Å². The van der Waals surface area contributed by atoms with E-state index < -0.39 is 15.8 Å². The Balaban J connectivity index is 1.90. The van der Waals surface area contributed by atoms with E-state index in [4.69, 9.17) is 0 Å². The number of nitrogens with zero attached hydrogens (tertiary/aromatic N) is 1. The molecule has 0 amide bonds. The molecule has 0 radical (unpaired) electrons. The summed E-state index contributed by atoms with van der Waals surface area (Å²) in [5, 5.41) is 0.309. The van der Waals surface area contributed by atoms with Gasteiger partial charge in [-0.25, -0.2) is 17.8 Å². The van der Waals surface area contributed by atoms with E-state index in [0.29, 0.717) is 9.60 Å². The van der Waals surface area contributed by atoms with Gasteiger partial charge in [-0.1, -0.05) is 15.9 Å². The SMILES string of the molecule is O=S(=O)(Nc1nc2c(s1)CCCC2)c1ccc(Br)cc1F. The van der Waals surface area contributed by atoms with Crippen LogP contribution in [0.1, 0.15) is 23.4 Å². The monoisotopic (exact) mass is 390 g/mol. The molecule has 1 aromatic carbocycles.